The first-order valence-electron chi connectivity index (χ1n) is 6.95. The van der Waals surface area contributed by atoms with E-state index in [1.54, 1.807) is 6.92 Å². The van der Waals surface area contributed by atoms with Gasteiger partial charge in [0.15, 0.2) is 0 Å². The predicted octanol–water partition coefficient (Wildman–Crippen LogP) is 2.11. The third-order valence-corrected chi connectivity index (χ3v) is 3.75. The van der Waals surface area contributed by atoms with E-state index in [2.05, 4.69) is 11.9 Å². The van der Waals surface area contributed by atoms with Gasteiger partial charge in [0.25, 0.3) is 6.43 Å². The molecule has 1 saturated carbocycles. The van der Waals surface area contributed by atoms with Crippen molar-refractivity contribution < 1.29 is 18.4 Å². The lowest BCUT2D eigenvalue weighted by molar-refractivity contribution is -0.134. The maximum atomic E-state index is 13.3. The highest BCUT2D eigenvalue weighted by Crippen LogP contribution is 2.33. The van der Waals surface area contributed by atoms with Crippen molar-refractivity contribution in [2.24, 2.45) is 0 Å². The Morgan fingerprint density at radius 2 is 1.95 bits per heavy atom. The third kappa shape index (κ3) is 4.02. The number of amides is 2. The Morgan fingerprint density at radius 1 is 1.35 bits per heavy atom. The molecule has 0 aromatic rings. The van der Waals surface area contributed by atoms with Gasteiger partial charge in [0.05, 0.1) is 6.54 Å². The summed E-state index contributed by atoms with van der Waals surface area (Å²) in [5.74, 6) is -0.915. The maximum Gasteiger partial charge on any atom is 0.261 e. The van der Waals surface area contributed by atoms with E-state index >= 15 is 0 Å². The number of carbonyl (C=O) groups excluding carboxylic acids is 2. The van der Waals surface area contributed by atoms with Gasteiger partial charge < -0.3 is 10.2 Å². The number of nitrogens with one attached hydrogen (secondary N) is 1. The molecule has 1 aliphatic rings. The number of halogens is 2. The second-order valence-corrected chi connectivity index (χ2v) is 5.12. The fourth-order valence-electron chi connectivity index (χ4n) is 2.55. The Balaban J connectivity index is 2.66. The van der Waals surface area contributed by atoms with Crippen molar-refractivity contribution in [3.8, 4) is 0 Å². The minimum absolute atomic E-state index is 0.212. The van der Waals surface area contributed by atoms with E-state index in [0.717, 1.165) is 12.5 Å². The third-order valence-electron chi connectivity index (χ3n) is 3.75. The molecule has 0 atom stereocenters. The number of carbonyl (C=O) groups is 2. The monoisotopic (exact) mass is 288 g/mol. The molecule has 0 aromatic carbocycles. The minimum atomic E-state index is -2.59. The summed E-state index contributed by atoms with van der Waals surface area (Å²) in [5.41, 5.74) is -1.42. The highest BCUT2D eigenvalue weighted by atomic mass is 19.3. The van der Waals surface area contributed by atoms with Crippen LogP contribution in [0.3, 0.4) is 0 Å². The van der Waals surface area contributed by atoms with Crippen molar-refractivity contribution in [2.75, 3.05) is 13.1 Å². The Kier molecular flexibility index (Phi) is 6.10. The van der Waals surface area contributed by atoms with E-state index in [0.29, 0.717) is 19.4 Å². The molecule has 20 heavy (non-hydrogen) atoms. The molecule has 6 heteroatoms. The van der Waals surface area contributed by atoms with Crippen molar-refractivity contribution in [1.29, 1.82) is 0 Å². The van der Waals surface area contributed by atoms with Gasteiger partial charge in [-0.05, 0) is 25.8 Å². The summed E-state index contributed by atoms with van der Waals surface area (Å²) in [6.45, 7) is 5.19. The van der Waals surface area contributed by atoms with Crippen molar-refractivity contribution >= 4 is 11.8 Å². The molecule has 0 spiro atoms. The van der Waals surface area contributed by atoms with Crippen LogP contribution in [0.15, 0.2) is 12.7 Å². The van der Waals surface area contributed by atoms with Gasteiger partial charge in [-0.1, -0.05) is 25.8 Å². The van der Waals surface area contributed by atoms with E-state index in [-0.39, 0.29) is 25.3 Å². The van der Waals surface area contributed by atoms with Crippen molar-refractivity contribution in [3.05, 3.63) is 12.7 Å². The summed E-state index contributed by atoms with van der Waals surface area (Å²) in [5, 5.41) is 2.46. The summed E-state index contributed by atoms with van der Waals surface area (Å²) in [6.07, 6.45) is 1.40. The molecule has 0 bridgehead atoms. The Hall–Kier alpha value is -1.46. The summed E-state index contributed by atoms with van der Waals surface area (Å²) >= 11 is 0. The number of likely N-dealkylation sites (N-methyl/N-ethyl adjacent to an activating group) is 1. The lowest BCUT2D eigenvalue weighted by Gasteiger charge is -2.37. The van der Waals surface area contributed by atoms with E-state index in [1.807, 2.05) is 0 Å². The van der Waals surface area contributed by atoms with Crippen molar-refractivity contribution in [3.63, 3.8) is 0 Å². The second-order valence-electron chi connectivity index (χ2n) is 5.12. The Labute approximate surface area is 118 Å². The molecule has 2 amide bonds. The van der Waals surface area contributed by atoms with Crippen LogP contribution in [0.1, 0.15) is 39.0 Å². The summed E-state index contributed by atoms with van der Waals surface area (Å²) in [6, 6.07) is 0. The van der Waals surface area contributed by atoms with Gasteiger partial charge in [-0.15, -0.1) is 0 Å². The average molecular weight is 288 g/mol. The molecule has 1 fully saturated rings. The number of rotatable bonds is 6. The van der Waals surface area contributed by atoms with E-state index < -0.39 is 17.9 Å². The molecule has 0 heterocycles. The molecule has 114 valence electrons. The number of hydrogen-bond acceptors (Lipinski definition) is 2. The fraction of sp³-hybridized carbons (Fsp3) is 0.714. The summed E-state index contributed by atoms with van der Waals surface area (Å²) in [7, 11) is 0. The molecule has 0 aromatic heterocycles. The first kappa shape index (κ1) is 16.6. The van der Waals surface area contributed by atoms with Gasteiger partial charge in [-0.2, -0.15) is 0 Å². The Morgan fingerprint density at radius 3 is 2.40 bits per heavy atom. The van der Waals surface area contributed by atoms with Crippen LogP contribution in [0.25, 0.3) is 0 Å². The zero-order valence-corrected chi connectivity index (χ0v) is 11.8. The van der Waals surface area contributed by atoms with Gasteiger partial charge in [-0.25, -0.2) is 8.78 Å². The van der Waals surface area contributed by atoms with Crippen LogP contribution in [0.5, 0.6) is 0 Å². The lowest BCUT2D eigenvalue weighted by Crippen LogP contribution is -2.57. The van der Waals surface area contributed by atoms with Crippen LogP contribution in [0.4, 0.5) is 8.78 Å². The van der Waals surface area contributed by atoms with E-state index in [9.17, 15) is 18.4 Å². The normalized spacial score (nSPS) is 17.6. The summed E-state index contributed by atoms with van der Waals surface area (Å²) in [4.78, 5) is 24.7. The zero-order valence-electron chi connectivity index (χ0n) is 11.8. The van der Waals surface area contributed by atoms with Gasteiger partial charge in [0.1, 0.15) is 5.54 Å². The van der Waals surface area contributed by atoms with E-state index in [1.165, 1.54) is 4.90 Å². The van der Waals surface area contributed by atoms with Crippen LogP contribution < -0.4 is 5.32 Å². The summed E-state index contributed by atoms with van der Waals surface area (Å²) < 4.78 is 26.5. The lowest BCUT2D eigenvalue weighted by atomic mass is 9.82. The maximum absolute atomic E-state index is 13.3. The highest BCUT2D eigenvalue weighted by Gasteiger charge is 2.42. The second kappa shape index (κ2) is 7.36. The van der Waals surface area contributed by atoms with Crippen LogP contribution in [0.2, 0.25) is 0 Å². The van der Waals surface area contributed by atoms with Crippen molar-refractivity contribution in [1.82, 2.24) is 10.2 Å². The SMILES string of the molecule is C=CC(=O)N(CC)CC(=O)NC1(C(F)F)CCCCC1. The van der Waals surface area contributed by atoms with Crippen LogP contribution in [0, 0.1) is 0 Å². The van der Waals surface area contributed by atoms with Gasteiger partial charge in [0, 0.05) is 6.54 Å². The first-order chi connectivity index (χ1) is 9.45. The molecular formula is C14H22F2N2O2. The Bertz CT molecular complexity index is 366. The number of alkyl halides is 2. The molecule has 1 rings (SSSR count). The predicted molar refractivity (Wildman–Crippen MR) is 72.4 cm³/mol. The van der Waals surface area contributed by atoms with Gasteiger partial charge >= 0.3 is 0 Å². The first-order valence-corrected chi connectivity index (χ1v) is 6.95. The standard InChI is InChI=1S/C14H22F2N2O2/c1-3-12(20)18(4-2)10-11(19)17-14(13(15)16)8-6-5-7-9-14/h3,13H,1,4-10H2,2H3,(H,17,19). The topological polar surface area (TPSA) is 49.4 Å². The molecule has 1 N–H and O–H groups in total. The van der Waals surface area contributed by atoms with E-state index in [4.69, 9.17) is 0 Å². The zero-order chi connectivity index (χ0) is 15.2. The molecule has 1 aliphatic carbocycles. The average Bonchev–Trinajstić information content (AvgIpc) is 2.44. The molecule has 0 radical (unpaired) electrons. The van der Waals surface area contributed by atoms with Crippen molar-refractivity contribution in [2.45, 2.75) is 51.0 Å². The molecule has 0 saturated heterocycles. The smallest absolute Gasteiger partial charge is 0.261 e. The van der Waals surface area contributed by atoms with Gasteiger partial charge in [-0.3, -0.25) is 9.59 Å². The van der Waals surface area contributed by atoms with Gasteiger partial charge in [0.2, 0.25) is 11.8 Å². The highest BCUT2D eigenvalue weighted by molar-refractivity contribution is 5.91. The van der Waals surface area contributed by atoms with Crippen LogP contribution in [-0.2, 0) is 9.59 Å². The number of nitrogens with zero attached hydrogens (tertiary/aromatic N) is 1. The molecule has 0 aliphatic heterocycles. The van der Waals surface area contributed by atoms with Crippen LogP contribution in [-0.4, -0.2) is 41.8 Å². The largest absolute Gasteiger partial charge is 0.343 e. The molecule has 4 nitrogen and oxygen atoms in total. The molecule has 0 unspecified atom stereocenters. The van der Waals surface area contributed by atoms with Crippen LogP contribution >= 0.6 is 0 Å². The fourth-order valence-corrected chi connectivity index (χ4v) is 2.55. The minimum Gasteiger partial charge on any atom is -0.343 e. The molecular weight excluding hydrogens is 266 g/mol. The number of hydrogen-bond donors (Lipinski definition) is 1. The quantitative estimate of drug-likeness (QED) is 0.761.